The Bertz CT molecular complexity index is 317. The van der Waals surface area contributed by atoms with Crippen molar-refractivity contribution in [1.82, 2.24) is 0 Å². The topological polar surface area (TPSA) is 39.4 Å². The third kappa shape index (κ3) is 2.16. The summed E-state index contributed by atoms with van der Waals surface area (Å²) >= 11 is 0. The standard InChI is InChI=1S/C8H9O3.Li/c1-5-6(2)11-8(10-3)4-7(5)9;/h1-3H3;/q-1;+1. The summed E-state index contributed by atoms with van der Waals surface area (Å²) < 4.78 is 9.77. The van der Waals surface area contributed by atoms with Gasteiger partial charge in [-0.1, -0.05) is 0 Å². The molecule has 0 aliphatic rings. The number of ether oxygens (including phenoxy) is 1. The molecule has 0 fully saturated rings. The first-order valence-electron chi connectivity index (χ1n) is 3.22. The smallest absolute Gasteiger partial charge is 0.483 e. The molecular formula is C8H9LiO3. The second kappa shape index (κ2) is 4.39. The van der Waals surface area contributed by atoms with Crippen LogP contribution < -0.4 is 29.0 Å². The molecule has 0 saturated carbocycles. The summed E-state index contributed by atoms with van der Waals surface area (Å²) in [6.45, 7) is 3.41. The fourth-order valence-corrected chi connectivity index (χ4v) is 0.680. The number of hydrogen-bond acceptors (Lipinski definition) is 3. The van der Waals surface area contributed by atoms with Crippen molar-refractivity contribution < 1.29 is 28.0 Å². The number of aryl methyl sites for hydroxylation is 1. The second-order valence-corrected chi connectivity index (χ2v) is 2.23. The molecular weight excluding hydrogens is 151 g/mol. The van der Waals surface area contributed by atoms with Gasteiger partial charge in [-0.05, 0) is 6.92 Å². The Morgan fingerprint density at radius 3 is 2.42 bits per heavy atom. The summed E-state index contributed by atoms with van der Waals surface area (Å²) in [7, 11) is 1.43. The minimum absolute atomic E-state index is 0. The Morgan fingerprint density at radius 1 is 1.42 bits per heavy atom. The van der Waals surface area contributed by atoms with E-state index in [1.807, 2.05) is 0 Å². The summed E-state index contributed by atoms with van der Waals surface area (Å²) in [5.41, 5.74) is 0.399. The summed E-state index contributed by atoms with van der Waals surface area (Å²) in [6.07, 6.45) is 0. The van der Waals surface area contributed by atoms with Gasteiger partial charge in [0.2, 0.25) is 0 Å². The van der Waals surface area contributed by atoms with Gasteiger partial charge in [-0.3, -0.25) is 0 Å². The van der Waals surface area contributed by atoms with Crippen molar-refractivity contribution in [3.8, 4) is 5.95 Å². The van der Waals surface area contributed by atoms with Crippen LogP contribution in [0.4, 0.5) is 0 Å². The number of methoxy groups -OCH3 is 1. The van der Waals surface area contributed by atoms with Crippen molar-refractivity contribution in [3.63, 3.8) is 0 Å². The van der Waals surface area contributed by atoms with E-state index < -0.39 is 0 Å². The Morgan fingerprint density at radius 2 is 2.00 bits per heavy atom. The van der Waals surface area contributed by atoms with Crippen molar-refractivity contribution in [1.29, 1.82) is 0 Å². The van der Waals surface area contributed by atoms with Gasteiger partial charge in [-0.2, -0.15) is 0 Å². The molecule has 0 atom stereocenters. The normalized spacial score (nSPS) is 8.92. The minimum Gasteiger partial charge on any atom is -0.483 e. The molecule has 0 unspecified atom stereocenters. The van der Waals surface area contributed by atoms with E-state index in [0.717, 1.165) is 0 Å². The zero-order valence-electron chi connectivity index (χ0n) is 7.72. The molecule has 1 rings (SSSR count). The van der Waals surface area contributed by atoms with Crippen LogP contribution in [0.25, 0.3) is 0 Å². The van der Waals surface area contributed by atoms with Gasteiger partial charge < -0.3 is 13.9 Å². The molecule has 3 nitrogen and oxygen atoms in total. The SMILES string of the molecule is COc1[c-]c(=O)c(C)c(C)o1.[Li+]. The Labute approximate surface area is 82.9 Å². The van der Waals surface area contributed by atoms with E-state index in [0.29, 0.717) is 11.3 Å². The molecule has 0 aliphatic heterocycles. The van der Waals surface area contributed by atoms with Crippen molar-refractivity contribution >= 4 is 0 Å². The first-order valence-corrected chi connectivity index (χ1v) is 3.22. The van der Waals surface area contributed by atoms with Crippen molar-refractivity contribution in [2.45, 2.75) is 13.8 Å². The third-order valence-corrected chi connectivity index (χ3v) is 1.52. The van der Waals surface area contributed by atoms with Crippen molar-refractivity contribution in [2.24, 2.45) is 0 Å². The maximum Gasteiger partial charge on any atom is 1.00 e. The molecule has 60 valence electrons. The maximum atomic E-state index is 11.0. The van der Waals surface area contributed by atoms with Crippen LogP contribution in [0.3, 0.4) is 0 Å². The molecule has 0 amide bonds. The Kier molecular flexibility index (Phi) is 4.15. The fraction of sp³-hybridized carbons (Fsp3) is 0.375. The zero-order chi connectivity index (χ0) is 8.43. The summed E-state index contributed by atoms with van der Waals surface area (Å²) in [6, 6.07) is 2.42. The van der Waals surface area contributed by atoms with Gasteiger partial charge in [0.05, 0.1) is 7.11 Å². The zero-order valence-corrected chi connectivity index (χ0v) is 7.72. The molecule has 4 heteroatoms. The van der Waals surface area contributed by atoms with Gasteiger partial charge in [0.25, 0.3) is 0 Å². The van der Waals surface area contributed by atoms with Gasteiger partial charge in [0.15, 0.2) is 5.95 Å². The van der Waals surface area contributed by atoms with Gasteiger partial charge in [-0.25, -0.2) is 0 Å². The van der Waals surface area contributed by atoms with Crippen LogP contribution in [0.1, 0.15) is 11.3 Å². The van der Waals surface area contributed by atoms with Gasteiger partial charge >= 0.3 is 18.9 Å². The maximum absolute atomic E-state index is 11.0. The molecule has 0 bridgehead atoms. The Balaban J connectivity index is 0.00000121. The minimum atomic E-state index is -0.175. The van der Waals surface area contributed by atoms with Crippen LogP contribution in [-0.4, -0.2) is 7.11 Å². The number of hydrogen-bond donors (Lipinski definition) is 0. The quantitative estimate of drug-likeness (QED) is 0.355. The third-order valence-electron chi connectivity index (χ3n) is 1.52. The van der Waals surface area contributed by atoms with Gasteiger partial charge in [0.1, 0.15) is 0 Å². The van der Waals surface area contributed by atoms with Crippen LogP contribution >= 0.6 is 0 Å². The van der Waals surface area contributed by atoms with Gasteiger partial charge in [-0.15, -0.1) is 18.6 Å². The fourth-order valence-electron chi connectivity index (χ4n) is 0.680. The first kappa shape index (κ1) is 11.3. The average Bonchev–Trinajstić information content (AvgIpc) is 1.99. The molecule has 1 aromatic rings. The van der Waals surface area contributed by atoms with Crippen LogP contribution in [0.15, 0.2) is 9.21 Å². The second-order valence-electron chi connectivity index (χ2n) is 2.23. The molecule has 0 aliphatic carbocycles. The Hall–Kier alpha value is -0.653. The van der Waals surface area contributed by atoms with E-state index >= 15 is 0 Å². The van der Waals surface area contributed by atoms with E-state index in [4.69, 9.17) is 9.15 Å². The monoisotopic (exact) mass is 160 g/mol. The molecule has 1 heterocycles. The van der Waals surface area contributed by atoms with E-state index in [-0.39, 0.29) is 30.2 Å². The van der Waals surface area contributed by atoms with Crippen molar-refractivity contribution in [2.75, 3.05) is 7.11 Å². The molecule has 1 aromatic heterocycles. The molecule has 0 spiro atoms. The molecule has 0 N–H and O–H groups in total. The molecule has 0 saturated heterocycles. The van der Waals surface area contributed by atoms with Crippen LogP contribution in [0.5, 0.6) is 5.95 Å². The largest absolute Gasteiger partial charge is 1.00 e. The van der Waals surface area contributed by atoms with Crippen molar-refractivity contribution in [3.05, 3.63) is 27.6 Å². The van der Waals surface area contributed by atoms with E-state index in [2.05, 4.69) is 6.07 Å². The van der Waals surface area contributed by atoms with E-state index in [1.165, 1.54) is 7.11 Å². The summed E-state index contributed by atoms with van der Waals surface area (Å²) in [5, 5.41) is 0. The van der Waals surface area contributed by atoms with E-state index in [1.54, 1.807) is 13.8 Å². The van der Waals surface area contributed by atoms with Crippen LogP contribution in [-0.2, 0) is 0 Å². The average molecular weight is 160 g/mol. The van der Waals surface area contributed by atoms with E-state index in [9.17, 15) is 4.79 Å². The molecule has 12 heavy (non-hydrogen) atoms. The predicted octanol–water partition coefficient (Wildman–Crippen LogP) is -1.93. The summed E-state index contributed by atoms with van der Waals surface area (Å²) in [5.74, 6) is 0.712. The molecule has 0 radical (unpaired) electrons. The first-order chi connectivity index (χ1) is 5.15. The number of rotatable bonds is 1. The van der Waals surface area contributed by atoms with Gasteiger partial charge in [0, 0.05) is 11.2 Å². The van der Waals surface area contributed by atoms with Crippen LogP contribution in [0, 0.1) is 19.9 Å². The van der Waals surface area contributed by atoms with Crippen LogP contribution in [0.2, 0.25) is 0 Å². The predicted molar refractivity (Wildman–Crippen MR) is 39.8 cm³/mol. The molecule has 0 aromatic carbocycles. The summed E-state index contributed by atoms with van der Waals surface area (Å²) in [4.78, 5) is 11.0.